The van der Waals surface area contributed by atoms with Gasteiger partial charge in [-0.15, -0.1) is 0 Å². The number of amides is 1. The molecule has 22 heavy (non-hydrogen) atoms. The predicted octanol–water partition coefficient (Wildman–Crippen LogP) is 4.57. The third-order valence-corrected chi connectivity index (χ3v) is 3.85. The van der Waals surface area contributed by atoms with Gasteiger partial charge in [0.25, 0.3) is 5.91 Å². The van der Waals surface area contributed by atoms with Crippen LogP contribution in [0.25, 0.3) is 21.7 Å². The largest absolute Gasteiger partial charge is 0.361 e. The molecule has 0 saturated carbocycles. The first-order chi connectivity index (χ1) is 10.8. The molecule has 4 rings (SSSR count). The van der Waals surface area contributed by atoms with Gasteiger partial charge < -0.3 is 10.3 Å². The molecule has 2 N–H and O–H groups in total. The van der Waals surface area contributed by atoms with E-state index in [1.807, 2.05) is 72.9 Å². The zero-order chi connectivity index (χ0) is 14.9. The molecule has 0 radical (unpaired) electrons. The van der Waals surface area contributed by atoms with E-state index in [-0.39, 0.29) is 5.91 Å². The lowest BCUT2D eigenvalue weighted by Gasteiger charge is -2.07. The second-order valence-corrected chi connectivity index (χ2v) is 5.26. The van der Waals surface area contributed by atoms with E-state index in [1.165, 1.54) is 0 Å². The van der Waals surface area contributed by atoms with E-state index >= 15 is 0 Å². The molecule has 0 aliphatic rings. The predicted molar refractivity (Wildman–Crippen MR) is 90.2 cm³/mol. The van der Waals surface area contributed by atoms with Crippen molar-refractivity contribution in [1.29, 1.82) is 0 Å². The van der Waals surface area contributed by atoms with Gasteiger partial charge in [-0.25, -0.2) is 0 Å². The van der Waals surface area contributed by atoms with Gasteiger partial charge in [0.1, 0.15) is 0 Å². The van der Waals surface area contributed by atoms with Crippen molar-refractivity contribution < 1.29 is 4.79 Å². The molecule has 0 bridgehead atoms. The molecule has 0 spiro atoms. The highest BCUT2D eigenvalue weighted by atomic mass is 16.1. The molecule has 0 aliphatic carbocycles. The molecule has 1 heterocycles. The highest BCUT2D eigenvalue weighted by molar-refractivity contribution is 6.10. The van der Waals surface area contributed by atoms with Crippen molar-refractivity contribution in [2.75, 3.05) is 5.32 Å². The van der Waals surface area contributed by atoms with Crippen molar-refractivity contribution in [1.82, 2.24) is 4.98 Å². The summed E-state index contributed by atoms with van der Waals surface area (Å²) in [5, 5.41) is 6.20. The molecule has 4 aromatic rings. The Morgan fingerprint density at radius 1 is 0.864 bits per heavy atom. The summed E-state index contributed by atoms with van der Waals surface area (Å²) >= 11 is 0. The van der Waals surface area contributed by atoms with Crippen LogP contribution >= 0.6 is 0 Å². The molecule has 0 saturated heterocycles. The van der Waals surface area contributed by atoms with E-state index in [9.17, 15) is 4.79 Å². The van der Waals surface area contributed by atoms with Crippen LogP contribution in [0.15, 0.2) is 72.9 Å². The van der Waals surface area contributed by atoms with E-state index in [4.69, 9.17) is 0 Å². The molecule has 0 unspecified atom stereocenters. The maximum atomic E-state index is 12.5. The molecule has 3 nitrogen and oxygen atoms in total. The summed E-state index contributed by atoms with van der Waals surface area (Å²) in [6.45, 7) is 0. The van der Waals surface area contributed by atoms with Crippen LogP contribution in [0.2, 0.25) is 0 Å². The van der Waals surface area contributed by atoms with Crippen LogP contribution in [-0.4, -0.2) is 10.9 Å². The minimum Gasteiger partial charge on any atom is -0.361 e. The summed E-state index contributed by atoms with van der Waals surface area (Å²) in [4.78, 5) is 15.6. The molecular weight excluding hydrogens is 272 g/mol. The lowest BCUT2D eigenvalue weighted by atomic mass is 10.1. The highest BCUT2D eigenvalue weighted by Crippen LogP contribution is 2.23. The average molecular weight is 286 g/mol. The van der Waals surface area contributed by atoms with E-state index in [0.717, 1.165) is 27.4 Å². The maximum absolute atomic E-state index is 12.5. The standard InChI is InChI=1S/C19H14N2O/c22-19(15-9-8-13-4-1-2-5-14(13)12-15)21-18-7-3-6-17-16(18)10-11-20-17/h1-12,20H,(H,21,22). The monoisotopic (exact) mass is 286 g/mol. The minimum absolute atomic E-state index is 0.0977. The third-order valence-electron chi connectivity index (χ3n) is 3.85. The number of carbonyl (C=O) groups excluding carboxylic acids is 1. The minimum atomic E-state index is -0.0977. The maximum Gasteiger partial charge on any atom is 0.255 e. The Balaban J connectivity index is 1.70. The normalized spacial score (nSPS) is 10.9. The summed E-state index contributed by atoms with van der Waals surface area (Å²) in [5.41, 5.74) is 2.49. The topological polar surface area (TPSA) is 44.9 Å². The first kappa shape index (κ1) is 12.7. The fourth-order valence-corrected chi connectivity index (χ4v) is 2.72. The summed E-state index contributed by atoms with van der Waals surface area (Å²) in [6, 6.07) is 21.6. The van der Waals surface area contributed by atoms with Crippen LogP contribution in [-0.2, 0) is 0 Å². The Bertz CT molecular complexity index is 985. The van der Waals surface area contributed by atoms with Crippen LogP contribution in [0, 0.1) is 0 Å². The number of anilines is 1. The summed E-state index contributed by atoms with van der Waals surface area (Å²) in [7, 11) is 0. The van der Waals surface area contributed by atoms with Crippen molar-refractivity contribution in [2.45, 2.75) is 0 Å². The lowest BCUT2D eigenvalue weighted by Crippen LogP contribution is -2.11. The summed E-state index contributed by atoms with van der Waals surface area (Å²) in [6.07, 6.45) is 1.87. The van der Waals surface area contributed by atoms with Gasteiger partial charge in [0.2, 0.25) is 0 Å². The van der Waals surface area contributed by atoms with E-state index < -0.39 is 0 Å². The van der Waals surface area contributed by atoms with Gasteiger partial charge in [-0.3, -0.25) is 4.79 Å². The Morgan fingerprint density at radius 3 is 2.64 bits per heavy atom. The van der Waals surface area contributed by atoms with E-state index in [1.54, 1.807) is 0 Å². The number of rotatable bonds is 2. The molecule has 0 fully saturated rings. The summed E-state index contributed by atoms with van der Waals surface area (Å²) < 4.78 is 0. The van der Waals surface area contributed by atoms with Crippen LogP contribution in [0.4, 0.5) is 5.69 Å². The zero-order valence-electron chi connectivity index (χ0n) is 11.8. The number of hydrogen-bond acceptors (Lipinski definition) is 1. The van der Waals surface area contributed by atoms with Crippen LogP contribution in [0.5, 0.6) is 0 Å². The quantitative estimate of drug-likeness (QED) is 0.557. The number of hydrogen-bond donors (Lipinski definition) is 2. The fraction of sp³-hybridized carbons (Fsp3) is 0. The van der Waals surface area contributed by atoms with E-state index in [0.29, 0.717) is 5.56 Å². The highest BCUT2D eigenvalue weighted by Gasteiger charge is 2.09. The summed E-state index contributed by atoms with van der Waals surface area (Å²) in [5.74, 6) is -0.0977. The zero-order valence-corrected chi connectivity index (χ0v) is 11.8. The number of benzene rings is 3. The van der Waals surface area contributed by atoms with Gasteiger partial charge in [-0.05, 0) is 41.1 Å². The Hall–Kier alpha value is -3.07. The number of carbonyl (C=O) groups is 1. The van der Waals surface area contributed by atoms with E-state index in [2.05, 4.69) is 10.3 Å². The molecule has 1 aromatic heterocycles. The van der Waals surface area contributed by atoms with Gasteiger partial charge in [-0.2, -0.15) is 0 Å². The molecule has 0 atom stereocenters. The van der Waals surface area contributed by atoms with Crippen LogP contribution in [0.3, 0.4) is 0 Å². The SMILES string of the molecule is O=C(Nc1cccc2[nH]ccc12)c1ccc2ccccc2c1. The first-order valence-electron chi connectivity index (χ1n) is 7.17. The number of H-pyrrole nitrogens is 1. The van der Waals surface area contributed by atoms with Crippen LogP contribution < -0.4 is 5.32 Å². The second-order valence-electron chi connectivity index (χ2n) is 5.26. The molecular formula is C19H14N2O. The van der Waals surface area contributed by atoms with Gasteiger partial charge in [0.15, 0.2) is 0 Å². The molecule has 1 amide bonds. The van der Waals surface area contributed by atoms with Crippen LogP contribution in [0.1, 0.15) is 10.4 Å². The van der Waals surface area contributed by atoms with Gasteiger partial charge in [0, 0.05) is 22.7 Å². The van der Waals surface area contributed by atoms with Gasteiger partial charge >= 0.3 is 0 Å². The van der Waals surface area contributed by atoms with Crippen molar-refractivity contribution >= 4 is 33.3 Å². The number of aromatic amines is 1. The lowest BCUT2D eigenvalue weighted by molar-refractivity contribution is 0.102. The second kappa shape index (κ2) is 5.04. The third kappa shape index (κ3) is 2.13. The van der Waals surface area contributed by atoms with Crippen molar-refractivity contribution in [3.63, 3.8) is 0 Å². The van der Waals surface area contributed by atoms with Crippen molar-refractivity contribution in [3.8, 4) is 0 Å². The number of fused-ring (bicyclic) bond motifs is 2. The molecule has 3 heteroatoms. The van der Waals surface area contributed by atoms with Crippen molar-refractivity contribution in [2.24, 2.45) is 0 Å². The molecule has 3 aromatic carbocycles. The van der Waals surface area contributed by atoms with Crippen molar-refractivity contribution in [3.05, 3.63) is 78.5 Å². The van der Waals surface area contributed by atoms with Gasteiger partial charge in [0.05, 0.1) is 5.69 Å². The Morgan fingerprint density at radius 2 is 1.73 bits per heavy atom. The first-order valence-corrected chi connectivity index (χ1v) is 7.17. The fourth-order valence-electron chi connectivity index (χ4n) is 2.72. The Labute approximate surface area is 127 Å². The Kier molecular flexibility index (Phi) is 2.90. The molecule has 106 valence electrons. The number of aromatic nitrogens is 1. The average Bonchev–Trinajstić information content (AvgIpc) is 3.04. The van der Waals surface area contributed by atoms with Gasteiger partial charge in [-0.1, -0.05) is 36.4 Å². The smallest absolute Gasteiger partial charge is 0.255 e. The number of nitrogens with one attached hydrogen (secondary N) is 2. The molecule has 0 aliphatic heterocycles.